The van der Waals surface area contributed by atoms with E-state index in [4.69, 9.17) is 4.74 Å². The van der Waals surface area contributed by atoms with Crippen LogP contribution in [0.2, 0.25) is 0 Å². The van der Waals surface area contributed by atoms with E-state index in [1.54, 1.807) is 18.5 Å². The summed E-state index contributed by atoms with van der Waals surface area (Å²) in [5.41, 5.74) is 1.44. The second kappa shape index (κ2) is 5.45. The molecule has 1 N–H and O–H groups in total. The highest BCUT2D eigenvalue weighted by atomic mass is 16.5. The van der Waals surface area contributed by atoms with Crippen LogP contribution in [-0.4, -0.2) is 23.1 Å². The average molecular weight is 281 g/mol. The summed E-state index contributed by atoms with van der Waals surface area (Å²) in [6.07, 6.45) is 6.00. The van der Waals surface area contributed by atoms with Crippen molar-refractivity contribution in [2.75, 3.05) is 13.1 Å². The highest BCUT2D eigenvalue weighted by Gasteiger charge is 2.37. The van der Waals surface area contributed by atoms with Crippen LogP contribution in [0.3, 0.4) is 0 Å². The third-order valence-electron chi connectivity index (χ3n) is 4.76. The summed E-state index contributed by atoms with van der Waals surface area (Å²) in [5.74, 6) is 3.27. The van der Waals surface area contributed by atoms with Crippen LogP contribution in [0, 0.1) is 11.8 Å². The monoisotopic (exact) mass is 281 g/mol. The standard InChI is InChI=1S/C17H19N3O/c1-6-19-17(20-7-1)21-16-4-2-12(3-5-16)13-8-14-10-18-11-15(14)9-13/h1-7,13-15,18H,8-11H2. The van der Waals surface area contributed by atoms with Crippen molar-refractivity contribution in [3.8, 4) is 11.8 Å². The molecule has 0 bridgehead atoms. The van der Waals surface area contributed by atoms with E-state index in [9.17, 15) is 0 Å². The van der Waals surface area contributed by atoms with Gasteiger partial charge in [-0.15, -0.1) is 0 Å². The maximum atomic E-state index is 5.64. The zero-order valence-corrected chi connectivity index (χ0v) is 11.9. The second-order valence-corrected chi connectivity index (χ2v) is 6.05. The van der Waals surface area contributed by atoms with Gasteiger partial charge in [-0.05, 0) is 67.4 Å². The fourth-order valence-corrected chi connectivity index (χ4v) is 3.69. The van der Waals surface area contributed by atoms with Gasteiger partial charge in [-0.1, -0.05) is 12.1 Å². The van der Waals surface area contributed by atoms with E-state index in [0.29, 0.717) is 11.9 Å². The van der Waals surface area contributed by atoms with E-state index < -0.39 is 0 Å². The van der Waals surface area contributed by atoms with Gasteiger partial charge in [0.15, 0.2) is 0 Å². The first-order valence-corrected chi connectivity index (χ1v) is 7.64. The van der Waals surface area contributed by atoms with Crippen LogP contribution in [0.25, 0.3) is 0 Å². The van der Waals surface area contributed by atoms with Crippen molar-refractivity contribution >= 4 is 0 Å². The normalized spacial score (nSPS) is 27.5. The van der Waals surface area contributed by atoms with Crippen LogP contribution in [0.15, 0.2) is 42.7 Å². The van der Waals surface area contributed by atoms with Crippen LogP contribution < -0.4 is 10.1 Å². The third kappa shape index (κ3) is 2.63. The van der Waals surface area contributed by atoms with E-state index in [-0.39, 0.29) is 0 Å². The number of rotatable bonds is 3. The molecule has 108 valence electrons. The first-order valence-electron chi connectivity index (χ1n) is 7.64. The number of nitrogens with zero attached hydrogens (tertiary/aromatic N) is 2. The molecular formula is C17H19N3O. The number of aromatic nitrogens is 2. The summed E-state index contributed by atoms with van der Waals surface area (Å²) in [6.45, 7) is 2.40. The van der Waals surface area contributed by atoms with Gasteiger partial charge in [-0.25, -0.2) is 9.97 Å². The van der Waals surface area contributed by atoms with Crippen LogP contribution in [0.5, 0.6) is 11.8 Å². The van der Waals surface area contributed by atoms with Crippen LogP contribution in [0.4, 0.5) is 0 Å². The smallest absolute Gasteiger partial charge is 0.321 e. The number of hydrogen-bond acceptors (Lipinski definition) is 4. The Kier molecular flexibility index (Phi) is 3.31. The van der Waals surface area contributed by atoms with E-state index in [0.717, 1.165) is 17.6 Å². The van der Waals surface area contributed by atoms with Crippen molar-refractivity contribution in [3.05, 3.63) is 48.3 Å². The molecule has 2 fully saturated rings. The molecule has 1 aliphatic heterocycles. The van der Waals surface area contributed by atoms with Crippen molar-refractivity contribution in [1.82, 2.24) is 15.3 Å². The fourth-order valence-electron chi connectivity index (χ4n) is 3.69. The van der Waals surface area contributed by atoms with Crippen molar-refractivity contribution in [2.45, 2.75) is 18.8 Å². The molecule has 0 spiro atoms. The van der Waals surface area contributed by atoms with Gasteiger partial charge in [0.25, 0.3) is 0 Å². The molecule has 21 heavy (non-hydrogen) atoms. The van der Waals surface area contributed by atoms with Gasteiger partial charge in [0.05, 0.1) is 0 Å². The number of hydrogen-bond donors (Lipinski definition) is 1. The van der Waals surface area contributed by atoms with Crippen molar-refractivity contribution in [3.63, 3.8) is 0 Å². The SMILES string of the molecule is c1cnc(Oc2ccc(C3CC4CNCC4C3)cc2)nc1. The minimum Gasteiger partial charge on any atom is -0.424 e. The Morgan fingerprint density at radius 2 is 1.62 bits per heavy atom. The summed E-state index contributed by atoms with van der Waals surface area (Å²) in [5, 5.41) is 3.50. The lowest BCUT2D eigenvalue weighted by Crippen LogP contribution is -2.11. The Labute approximate surface area is 124 Å². The molecule has 4 nitrogen and oxygen atoms in total. The highest BCUT2D eigenvalue weighted by molar-refractivity contribution is 5.31. The van der Waals surface area contributed by atoms with Crippen LogP contribution >= 0.6 is 0 Å². The van der Waals surface area contributed by atoms with Gasteiger partial charge in [-0.3, -0.25) is 0 Å². The predicted octanol–water partition coefficient (Wildman–Crippen LogP) is 2.98. The van der Waals surface area contributed by atoms with Gasteiger partial charge in [0.1, 0.15) is 5.75 Å². The molecule has 2 aromatic rings. The van der Waals surface area contributed by atoms with Crippen LogP contribution in [0.1, 0.15) is 24.3 Å². The molecule has 2 unspecified atom stereocenters. The molecule has 0 radical (unpaired) electrons. The van der Waals surface area contributed by atoms with E-state index in [1.165, 1.54) is 31.5 Å². The van der Waals surface area contributed by atoms with Gasteiger partial charge in [0, 0.05) is 12.4 Å². The molecule has 1 aromatic carbocycles. The Bertz CT molecular complexity index is 587. The topological polar surface area (TPSA) is 47.0 Å². The lowest BCUT2D eigenvalue weighted by atomic mass is 9.96. The van der Waals surface area contributed by atoms with Crippen molar-refractivity contribution in [1.29, 1.82) is 0 Å². The zero-order valence-electron chi connectivity index (χ0n) is 11.9. The zero-order chi connectivity index (χ0) is 14.1. The van der Waals surface area contributed by atoms with Crippen molar-refractivity contribution in [2.24, 2.45) is 11.8 Å². The maximum Gasteiger partial charge on any atom is 0.321 e. The Hall–Kier alpha value is -1.94. The molecular weight excluding hydrogens is 262 g/mol. The number of nitrogens with one attached hydrogen (secondary N) is 1. The first-order chi connectivity index (χ1) is 10.4. The Morgan fingerprint density at radius 1 is 0.952 bits per heavy atom. The summed E-state index contributed by atoms with van der Waals surface area (Å²) >= 11 is 0. The number of benzene rings is 1. The Morgan fingerprint density at radius 3 is 2.29 bits per heavy atom. The lowest BCUT2D eigenvalue weighted by Gasteiger charge is -2.12. The van der Waals surface area contributed by atoms with Crippen molar-refractivity contribution < 1.29 is 4.74 Å². The molecule has 0 amide bonds. The van der Waals surface area contributed by atoms with E-state index in [1.807, 2.05) is 12.1 Å². The molecule has 2 heterocycles. The van der Waals surface area contributed by atoms with E-state index >= 15 is 0 Å². The maximum absolute atomic E-state index is 5.64. The predicted molar refractivity (Wildman–Crippen MR) is 80.4 cm³/mol. The average Bonchev–Trinajstić information content (AvgIpc) is 3.10. The summed E-state index contributed by atoms with van der Waals surface area (Å²) < 4.78 is 5.64. The molecule has 1 saturated carbocycles. The third-order valence-corrected chi connectivity index (χ3v) is 4.76. The van der Waals surface area contributed by atoms with Gasteiger partial charge in [-0.2, -0.15) is 0 Å². The minimum absolute atomic E-state index is 0.395. The van der Waals surface area contributed by atoms with Gasteiger partial charge >= 0.3 is 6.01 Å². The summed E-state index contributed by atoms with van der Waals surface area (Å²) in [4.78, 5) is 8.14. The summed E-state index contributed by atoms with van der Waals surface area (Å²) in [7, 11) is 0. The molecule has 1 saturated heterocycles. The molecule has 2 aliphatic rings. The first kappa shape index (κ1) is 12.8. The molecule has 1 aromatic heterocycles. The quantitative estimate of drug-likeness (QED) is 0.939. The molecule has 2 atom stereocenters. The fraction of sp³-hybridized carbons (Fsp3) is 0.412. The number of fused-ring (bicyclic) bond motifs is 1. The molecule has 4 rings (SSSR count). The lowest BCUT2D eigenvalue weighted by molar-refractivity contribution is 0.441. The minimum atomic E-state index is 0.395. The van der Waals surface area contributed by atoms with Gasteiger partial charge < -0.3 is 10.1 Å². The van der Waals surface area contributed by atoms with Gasteiger partial charge in [0.2, 0.25) is 0 Å². The van der Waals surface area contributed by atoms with Crippen LogP contribution in [-0.2, 0) is 0 Å². The molecule has 1 aliphatic carbocycles. The number of ether oxygens (including phenoxy) is 1. The second-order valence-electron chi connectivity index (χ2n) is 6.05. The largest absolute Gasteiger partial charge is 0.424 e. The summed E-state index contributed by atoms with van der Waals surface area (Å²) in [6, 6.07) is 10.6. The molecule has 4 heteroatoms. The van der Waals surface area contributed by atoms with E-state index in [2.05, 4.69) is 27.4 Å². The highest BCUT2D eigenvalue weighted by Crippen LogP contribution is 2.44. The Balaban J connectivity index is 1.44.